The molecular weight excluding hydrogens is 189 g/mol. The van der Waals surface area contributed by atoms with Gasteiger partial charge in [0.05, 0.1) is 0 Å². The zero-order valence-electron chi connectivity index (χ0n) is 10.6. The minimum atomic E-state index is 0.172. The first-order chi connectivity index (χ1) is 6.91. The predicted octanol–water partition coefficient (Wildman–Crippen LogP) is -2.59. The fraction of sp³-hybridized carbons (Fsp3) is 1.00. The summed E-state index contributed by atoms with van der Waals surface area (Å²) in [5, 5.41) is 10.3. The maximum atomic E-state index is 3.44. The third-order valence-corrected chi connectivity index (χ3v) is 2.50. The van der Waals surface area contributed by atoms with Crippen LogP contribution in [0, 0.1) is 0 Å². The molecule has 0 spiro atoms. The van der Waals surface area contributed by atoms with Gasteiger partial charge >= 0.3 is 21.4 Å². The van der Waals surface area contributed by atoms with Crippen molar-refractivity contribution < 1.29 is 0 Å². The van der Waals surface area contributed by atoms with Gasteiger partial charge in [0.2, 0.25) is 0 Å². The number of rotatable bonds is 3. The molecule has 0 aromatic heterocycles. The van der Waals surface area contributed by atoms with E-state index in [0.717, 1.165) is 0 Å². The standard InChI is InChI=1S/C6H21B3N6/c1-13(2)7-10-8(14(3)4)12-9(11-7)15(5)6/h10-12H,1-6H3. The van der Waals surface area contributed by atoms with Crippen LogP contribution in [0.25, 0.3) is 0 Å². The van der Waals surface area contributed by atoms with Crippen LogP contribution in [-0.2, 0) is 0 Å². The first-order valence-electron chi connectivity index (χ1n) is 5.19. The van der Waals surface area contributed by atoms with Crippen LogP contribution in [0.2, 0.25) is 0 Å². The molecule has 0 saturated carbocycles. The summed E-state index contributed by atoms with van der Waals surface area (Å²) in [6, 6.07) is 0. The molecule has 9 heteroatoms. The highest BCUT2D eigenvalue weighted by atomic mass is 15.3. The molecule has 0 atom stereocenters. The van der Waals surface area contributed by atoms with Crippen LogP contribution in [0.5, 0.6) is 0 Å². The molecule has 84 valence electrons. The van der Waals surface area contributed by atoms with E-state index in [-0.39, 0.29) is 21.4 Å². The molecule has 1 fully saturated rings. The van der Waals surface area contributed by atoms with Gasteiger partial charge in [-0.3, -0.25) is 0 Å². The highest BCUT2D eigenvalue weighted by molar-refractivity contribution is 6.84. The largest absolute Gasteiger partial charge is 0.378 e. The highest BCUT2D eigenvalue weighted by Crippen LogP contribution is 1.93. The molecule has 0 aromatic rings. The summed E-state index contributed by atoms with van der Waals surface area (Å²) >= 11 is 0. The Balaban J connectivity index is 2.64. The van der Waals surface area contributed by atoms with Crippen LogP contribution < -0.4 is 15.4 Å². The fourth-order valence-corrected chi connectivity index (χ4v) is 1.49. The van der Waals surface area contributed by atoms with Crippen LogP contribution in [0.15, 0.2) is 0 Å². The van der Waals surface area contributed by atoms with Crippen LogP contribution in [0.4, 0.5) is 0 Å². The van der Waals surface area contributed by atoms with Crippen molar-refractivity contribution in [2.75, 3.05) is 42.3 Å². The van der Waals surface area contributed by atoms with Gasteiger partial charge in [0.15, 0.2) is 0 Å². The first-order valence-corrected chi connectivity index (χ1v) is 5.19. The average Bonchev–Trinajstić information content (AvgIpc) is 2.16. The van der Waals surface area contributed by atoms with Gasteiger partial charge in [-0.2, -0.15) is 0 Å². The molecule has 1 saturated heterocycles. The van der Waals surface area contributed by atoms with Gasteiger partial charge in [0.25, 0.3) is 0 Å². The van der Waals surface area contributed by atoms with Crippen molar-refractivity contribution in [2.45, 2.75) is 0 Å². The van der Waals surface area contributed by atoms with Gasteiger partial charge in [-0.05, 0) is 42.3 Å². The molecule has 1 rings (SSSR count). The Hall–Kier alpha value is -0.0452. The van der Waals surface area contributed by atoms with E-state index in [0.29, 0.717) is 0 Å². The number of hydrogen-bond acceptors (Lipinski definition) is 6. The Morgan fingerprint density at radius 2 is 0.733 bits per heavy atom. The second-order valence-electron chi connectivity index (χ2n) is 4.60. The molecule has 1 aliphatic rings. The Morgan fingerprint density at radius 1 is 0.533 bits per heavy atom. The lowest BCUT2D eigenvalue weighted by atomic mass is 9.62. The van der Waals surface area contributed by atoms with Crippen molar-refractivity contribution in [3.05, 3.63) is 0 Å². The van der Waals surface area contributed by atoms with Crippen molar-refractivity contribution in [2.24, 2.45) is 0 Å². The van der Waals surface area contributed by atoms with E-state index in [2.05, 4.69) is 72.1 Å². The van der Waals surface area contributed by atoms with E-state index in [9.17, 15) is 0 Å². The normalized spacial score (nSPS) is 18.6. The van der Waals surface area contributed by atoms with Crippen molar-refractivity contribution in [1.29, 1.82) is 0 Å². The maximum Gasteiger partial charge on any atom is 0.378 e. The van der Waals surface area contributed by atoms with E-state index in [1.165, 1.54) is 0 Å². The van der Waals surface area contributed by atoms with Gasteiger partial charge in [0, 0.05) is 0 Å². The number of nitrogens with zero attached hydrogens (tertiary/aromatic N) is 3. The Labute approximate surface area is 94.2 Å². The van der Waals surface area contributed by atoms with Crippen LogP contribution in [0.1, 0.15) is 0 Å². The molecule has 1 aliphatic heterocycles. The van der Waals surface area contributed by atoms with E-state index in [1.807, 2.05) is 0 Å². The minimum absolute atomic E-state index is 0.172. The third kappa shape index (κ3) is 3.48. The van der Waals surface area contributed by atoms with Gasteiger partial charge in [-0.25, -0.2) is 0 Å². The molecule has 0 amide bonds. The predicted molar refractivity (Wildman–Crippen MR) is 67.7 cm³/mol. The van der Waals surface area contributed by atoms with Gasteiger partial charge in [0.1, 0.15) is 0 Å². The molecule has 6 nitrogen and oxygen atoms in total. The topological polar surface area (TPSA) is 45.8 Å². The van der Waals surface area contributed by atoms with E-state index >= 15 is 0 Å². The van der Waals surface area contributed by atoms with E-state index in [1.54, 1.807) is 0 Å². The maximum absolute atomic E-state index is 3.44. The molecular formula is C6H21B3N6. The first kappa shape index (κ1) is 13.0. The molecule has 15 heavy (non-hydrogen) atoms. The fourth-order valence-electron chi connectivity index (χ4n) is 1.49. The van der Waals surface area contributed by atoms with Crippen molar-refractivity contribution in [1.82, 2.24) is 29.8 Å². The molecule has 0 radical (unpaired) electrons. The molecule has 0 aromatic carbocycles. The molecule has 0 aliphatic carbocycles. The molecule has 0 unspecified atom stereocenters. The SMILES string of the molecule is CN(C)B1NB(N(C)C)NB(N(C)C)N1. The average molecular weight is 210 g/mol. The van der Waals surface area contributed by atoms with Gasteiger partial charge < -0.3 is 29.8 Å². The summed E-state index contributed by atoms with van der Waals surface area (Å²) in [4.78, 5) is 6.36. The zero-order chi connectivity index (χ0) is 11.6. The molecule has 3 N–H and O–H groups in total. The monoisotopic (exact) mass is 210 g/mol. The van der Waals surface area contributed by atoms with Crippen LogP contribution in [0.3, 0.4) is 0 Å². The smallest absolute Gasteiger partial charge is 0.342 e. The molecule has 0 bridgehead atoms. The minimum Gasteiger partial charge on any atom is -0.342 e. The third-order valence-electron chi connectivity index (χ3n) is 2.50. The number of nitrogens with one attached hydrogen (secondary N) is 3. The van der Waals surface area contributed by atoms with Crippen molar-refractivity contribution in [3.63, 3.8) is 0 Å². The highest BCUT2D eigenvalue weighted by Gasteiger charge is 2.39. The lowest BCUT2D eigenvalue weighted by Gasteiger charge is -2.39. The van der Waals surface area contributed by atoms with E-state index in [4.69, 9.17) is 0 Å². The summed E-state index contributed by atoms with van der Waals surface area (Å²) < 4.78 is 0. The van der Waals surface area contributed by atoms with Crippen LogP contribution in [-0.4, -0.2) is 78.1 Å². The summed E-state index contributed by atoms with van der Waals surface area (Å²) in [6.45, 7) is 0. The summed E-state index contributed by atoms with van der Waals surface area (Å²) in [5.74, 6) is 0. The van der Waals surface area contributed by atoms with Gasteiger partial charge in [-0.1, -0.05) is 0 Å². The quantitative estimate of drug-likeness (QED) is 0.444. The molecule has 1 heterocycles. The Kier molecular flexibility index (Phi) is 4.63. The summed E-state index contributed by atoms with van der Waals surface area (Å²) in [7, 11) is 12.8. The summed E-state index contributed by atoms with van der Waals surface area (Å²) in [6.07, 6.45) is 0. The van der Waals surface area contributed by atoms with Gasteiger partial charge in [-0.15, -0.1) is 0 Å². The van der Waals surface area contributed by atoms with Crippen LogP contribution >= 0.6 is 0 Å². The second-order valence-corrected chi connectivity index (χ2v) is 4.60. The lowest BCUT2D eigenvalue weighted by Crippen LogP contribution is -2.83. The van der Waals surface area contributed by atoms with E-state index < -0.39 is 0 Å². The Bertz CT molecular complexity index is 162. The Morgan fingerprint density at radius 3 is 0.867 bits per heavy atom. The van der Waals surface area contributed by atoms with Crippen molar-refractivity contribution >= 4 is 21.4 Å². The second kappa shape index (κ2) is 5.33. The number of hydrogen-bond donors (Lipinski definition) is 3. The summed E-state index contributed by atoms with van der Waals surface area (Å²) in [5.41, 5.74) is 0. The van der Waals surface area contributed by atoms with Crippen molar-refractivity contribution in [3.8, 4) is 0 Å². The lowest BCUT2D eigenvalue weighted by molar-refractivity contribution is 0.560. The zero-order valence-corrected chi connectivity index (χ0v) is 10.6.